The molecule has 1 aromatic heterocycles. The number of Topliss-reactive ketones (excluding diaryl/α,β-unsaturated/α-hetero) is 1. The van der Waals surface area contributed by atoms with Gasteiger partial charge in [0.1, 0.15) is 5.92 Å². The summed E-state index contributed by atoms with van der Waals surface area (Å²) < 4.78 is 0. The molecule has 0 amide bonds. The summed E-state index contributed by atoms with van der Waals surface area (Å²) in [5.74, 6) is -2.35. The predicted octanol–water partition coefficient (Wildman–Crippen LogP) is 0.991. The molecule has 0 radical (unpaired) electrons. The van der Waals surface area contributed by atoms with Crippen molar-refractivity contribution in [1.82, 2.24) is 4.98 Å². The molecule has 2 atom stereocenters. The van der Waals surface area contributed by atoms with Gasteiger partial charge in [0.25, 0.3) is 0 Å². The Morgan fingerprint density at radius 2 is 2.20 bits per heavy atom. The average molecular weight is 205 g/mol. The van der Waals surface area contributed by atoms with Gasteiger partial charge in [0.15, 0.2) is 5.78 Å². The van der Waals surface area contributed by atoms with Gasteiger partial charge in [-0.3, -0.25) is 14.6 Å². The lowest BCUT2D eigenvalue weighted by molar-refractivity contribution is -0.146. The highest BCUT2D eigenvalue weighted by Crippen LogP contribution is 2.49. The van der Waals surface area contributed by atoms with Crippen LogP contribution in [0, 0.1) is 5.92 Å². The molecule has 0 bridgehead atoms. The average Bonchev–Trinajstić information content (AvgIpc) is 2.85. The molecule has 0 saturated heterocycles. The molecular formula is C11H11NO3. The molecule has 0 saturated carbocycles. The minimum Gasteiger partial charge on any atom is -0.481 e. The molecule has 1 aliphatic carbocycles. The zero-order valence-corrected chi connectivity index (χ0v) is 8.52. The van der Waals surface area contributed by atoms with Gasteiger partial charge >= 0.3 is 5.97 Å². The van der Waals surface area contributed by atoms with E-state index in [2.05, 4.69) is 4.98 Å². The van der Waals surface area contributed by atoms with Crippen LogP contribution in [-0.4, -0.2) is 21.8 Å². The molecule has 0 fully saturated rings. The number of aromatic nitrogens is 1. The summed E-state index contributed by atoms with van der Waals surface area (Å²) in [4.78, 5) is 26.7. The molecule has 4 heteroatoms. The number of carboxylic acids is 1. The van der Waals surface area contributed by atoms with Gasteiger partial charge in [-0.15, -0.1) is 0 Å². The first kappa shape index (κ1) is 9.83. The Hall–Kier alpha value is -1.71. The van der Waals surface area contributed by atoms with E-state index in [1.807, 2.05) is 6.07 Å². The van der Waals surface area contributed by atoms with Crippen LogP contribution in [-0.2, 0) is 15.0 Å². The molecule has 0 aromatic carbocycles. The van der Waals surface area contributed by atoms with E-state index < -0.39 is 17.3 Å². The van der Waals surface area contributed by atoms with E-state index in [0.29, 0.717) is 5.69 Å². The zero-order valence-electron chi connectivity index (χ0n) is 8.52. The molecule has 4 nitrogen and oxygen atoms in total. The third-order valence-electron chi connectivity index (χ3n) is 3.01. The van der Waals surface area contributed by atoms with Gasteiger partial charge in [-0.25, -0.2) is 0 Å². The van der Waals surface area contributed by atoms with Crippen molar-refractivity contribution in [3.05, 3.63) is 29.6 Å². The summed E-state index contributed by atoms with van der Waals surface area (Å²) in [5, 5.41) is 8.78. The van der Waals surface area contributed by atoms with Gasteiger partial charge < -0.3 is 5.11 Å². The van der Waals surface area contributed by atoms with E-state index in [1.165, 1.54) is 6.92 Å². The Bertz CT molecular complexity index is 430. The number of hydrogen-bond donors (Lipinski definition) is 1. The fraction of sp³-hybridized carbons (Fsp3) is 0.364. The first-order valence-corrected chi connectivity index (χ1v) is 4.72. The highest BCUT2D eigenvalue weighted by atomic mass is 16.4. The standard InChI is InChI=1S/C11H11NO3/c1-6(10(14)15)9(13)11(2)7-4-3-5-12-8(7)11/h3-6H,1-2H3,(H,14,15). The third-order valence-corrected chi connectivity index (χ3v) is 3.01. The normalized spacial score (nSPS) is 24.1. The highest BCUT2D eigenvalue weighted by molar-refractivity contribution is 6.09. The molecule has 1 aliphatic rings. The van der Waals surface area contributed by atoms with Crippen molar-refractivity contribution >= 4 is 11.8 Å². The van der Waals surface area contributed by atoms with E-state index in [1.54, 1.807) is 19.2 Å². The number of rotatable bonds is 3. The molecule has 0 spiro atoms. The van der Waals surface area contributed by atoms with Gasteiger partial charge in [0.2, 0.25) is 0 Å². The maximum atomic E-state index is 11.9. The predicted molar refractivity (Wildman–Crippen MR) is 52.5 cm³/mol. The quantitative estimate of drug-likeness (QED) is 0.747. The van der Waals surface area contributed by atoms with Crippen LogP contribution in [0.3, 0.4) is 0 Å². The van der Waals surface area contributed by atoms with Crippen molar-refractivity contribution in [2.45, 2.75) is 19.3 Å². The maximum Gasteiger partial charge on any atom is 0.313 e. The Balaban J connectivity index is 2.30. The van der Waals surface area contributed by atoms with Crippen molar-refractivity contribution in [3.8, 4) is 0 Å². The molecule has 1 heterocycles. The van der Waals surface area contributed by atoms with E-state index in [-0.39, 0.29) is 5.78 Å². The third kappa shape index (κ3) is 1.17. The topological polar surface area (TPSA) is 67.3 Å². The van der Waals surface area contributed by atoms with Crippen LogP contribution in [0.2, 0.25) is 0 Å². The Morgan fingerprint density at radius 1 is 1.53 bits per heavy atom. The molecule has 2 rings (SSSR count). The van der Waals surface area contributed by atoms with Gasteiger partial charge in [-0.2, -0.15) is 0 Å². The first-order chi connectivity index (χ1) is 6.99. The molecule has 1 aromatic rings. The fourth-order valence-electron chi connectivity index (χ4n) is 1.88. The number of fused-ring (bicyclic) bond motifs is 1. The summed E-state index contributed by atoms with van der Waals surface area (Å²) in [6.45, 7) is 3.14. The molecule has 1 N–H and O–H groups in total. The summed E-state index contributed by atoms with van der Waals surface area (Å²) in [5.41, 5.74) is 0.799. The largest absolute Gasteiger partial charge is 0.481 e. The molecular weight excluding hydrogens is 194 g/mol. The second-order valence-electron chi connectivity index (χ2n) is 3.95. The lowest BCUT2D eigenvalue weighted by Crippen LogP contribution is -2.30. The van der Waals surface area contributed by atoms with Crippen LogP contribution in [0.15, 0.2) is 18.3 Å². The van der Waals surface area contributed by atoms with Crippen molar-refractivity contribution in [2.24, 2.45) is 5.92 Å². The summed E-state index contributed by atoms with van der Waals surface area (Å²) in [7, 11) is 0. The van der Waals surface area contributed by atoms with Crippen molar-refractivity contribution in [2.75, 3.05) is 0 Å². The second-order valence-corrected chi connectivity index (χ2v) is 3.95. The number of ketones is 1. The first-order valence-electron chi connectivity index (χ1n) is 4.72. The van der Waals surface area contributed by atoms with Crippen LogP contribution in [0.4, 0.5) is 0 Å². The van der Waals surface area contributed by atoms with E-state index in [4.69, 9.17) is 5.11 Å². The molecule has 0 aliphatic heterocycles. The SMILES string of the molecule is CC(C(=O)O)C(=O)C1(C)c2cccnc21. The Morgan fingerprint density at radius 3 is 2.67 bits per heavy atom. The van der Waals surface area contributed by atoms with Crippen molar-refractivity contribution in [1.29, 1.82) is 0 Å². The number of nitrogens with zero attached hydrogens (tertiary/aromatic N) is 1. The van der Waals surface area contributed by atoms with Gasteiger partial charge in [0.05, 0.1) is 11.1 Å². The van der Waals surface area contributed by atoms with Gasteiger partial charge in [-0.05, 0) is 25.5 Å². The summed E-state index contributed by atoms with van der Waals surface area (Å²) in [6.07, 6.45) is 1.61. The lowest BCUT2D eigenvalue weighted by atomic mass is 9.90. The number of carbonyl (C=O) groups is 2. The molecule has 2 unspecified atom stereocenters. The zero-order chi connectivity index (χ0) is 11.2. The summed E-state index contributed by atoms with van der Waals surface area (Å²) >= 11 is 0. The highest BCUT2D eigenvalue weighted by Gasteiger charge is 2.55. The molecule has 15 heavy (non-hydrogen) atoms. The minimum absolute atomic E-state index is 0.288. The number of hydrogen-bond acceptors (Lipinski definition) is 3. The van der Waals surface area contributed by atoms with E-state index >= 15 is 0 Å². The second kappa shape index (κ2) is 2.89. The fourth-order valence-corrected chi connectivity index (χ4v) is 1.88. The van der Waals surface area contributed by atoms with Crippen molar-refractivity contribution < 1.29 is 14.7 Å². The van der Waals surface area contributed by atoms with Gasteiger partial charge in [-0.1, -0.05) is 6.07 Å². The van der Waals surface area contributed by atoms with Crippen LogP contribution in [0.1, 0.15) is 25.1 Å². The summed E-state index contributed by atoms with van der Waals surface area (Å²) in [6, 6.07) is 3.57. The lowest BCUT2D eigenvalue weighted by Gasteiger charge is -2.10. The number of carboxylic acid groups (broad SMARTS) is 1. The van der Waals surface area contributed by atoms with E-state index in [9.17, 15) is 9.59 Å². The maximum absolute atomic E-state index is 11.9. The monoisotopic (exact) mass is 205 g/mol. The van der Waals surface area contributed by atoms with E-state index in [0.717, 1.165) is 5.56 Å². The van der Waals surface area contributed by atoms with Crippen LogP contribution in [0.5, 0.6) is 0 Å². The Kier molecular flexibility index (Phi) is 1.89. The molecule has 78 valence electrons. The van der Waals surface area contributed by atoms with Crippen LogP contribution in [0.25, 0.3) is 0 Å². The number of aliphatic carboxylic acids is 1. The van der Waals surface area contributed by atoms with Crippen LogP contribution >= 0.6 is 0 Å². The van der Waals surface area contributed by atoms with Gasteiger partial charge in [0, 0.05) is 6.20 Å². The Labute approximate surface area is 87.0 Å². The number of carbonyl (C=O) groups excluding carboxylic acids is 1. The van der Waals surface area contributed by atoms with Crippen molar-refractivity contribution in [3.63, 3.8) is 0 Å². The minimum atomic E-state index is -1.08. The smallest absolute Gasteiger partial charge is 0.313 e. The van der Waals surface area contributed by atoms with Crippen LogP contribution < -0.4 is 0 Å². The number of pyridine rings is 1.